The summed E-state index contributed by atoms with van der Waals surface area (Å²) in [4.78, 5) is 31.2. The fourth-order valence-electron chi connectivity index (χ4n) is 3.74. The number of thioether (sulfide) groups is 1. The largest absolute Gasteiger partial charge is 0.293 e. The van der Waals surface area contributed by atoms with Crippen molar-refractivity contribution >= 4 is 28.4 Å². The Morgan fingerprint density at radius 3 is 2.38 bits per heavy atom. The minimum atomic E-state index is -0.119. The molecule has 4 nitrogen and oxygen atoms in total. The molecule has 0 aliphatic rings. The van der Waals surface area contributed by atoms with E-state index in [0.717, 1.165) is 17.7 Å². The molecule has 0 N–H and O–H groups in total. The summed E-state index contributed by atoms with van der Waals surface area (Å²) < 4.78 is 1.66. The van der Waals surface area contributed by atoms with Gasteiger partial charge in [0.05, 0.1) is 22.3 Å². The molecule has 1 aromatic heterocycles. The highest BCUT2D eigenvalue weighted by Gasteiger charge is 2.18. The van der Waals surface area contributed by atoms with Crippen molar-refractivity contribution < 1.29 is 4.79 Å². The standard InChI is InChI=1S/C27H26N2O2S/c1-4-19-13-15-20(16-14-19)25(30)17-32-27-28-23-11-7-5-10-22(23)26(31)29(27)24-12-8-6-9-21(24)18(2)3/h5-16,18H,4,17H2,1-3H3. The van der Waals surface area contributed by atoms with E-state index in [4.69, 9.17) is 4.98 Å². The second kappa shape index (κ2) is 9.53. The van der Waals surface area contributed by atoms with E-state index in [9.17, 15) is 9.59 Å². The molecule has 4 rings (SSSR count). The Morgan fingerprint density at radius 1 is 0.969 bits per heavy atom. The van der Waals surface area contributed by atoms with Crippen molar-refractivity contribution in [1.82, 2.24) is 9.55 Å². The average molecular weight is 443 g/mol. The van der Waals surface area contributed by atoms with Gasteiger partial charge in [-0.25, -0.2) is 4.98 Å². The zero-order valence-corrected chi connectivity index (χ0v) is 19.4. The second-order valence-electron chi connectivity index (χ2n) is 8.03. The van der Waals surface area contributed by atoms with Crippen molar-refractivity contribution in [2.24, 2.45) is 0 Å². The highest BCUT2D eigenvalue weighted by atomic mass is 32.2. The third kappa shape index (κ3) is 4.39. The van der Waals surface area contributed by atoms with Gasteiger partial charge in [-0.05, 0) is 41.7 Å². The fraction of sp³-hybridized carbons (Fsp3) is 0.222. The van der Waals surface area contributed by atoms with Crippen LogP contribution in [0.2, 0.25) is 0 Å². The van der Waals surface area contributed by atoms with Crippen molar-refractivity contribution in [3.05, 3.63) is 99.8 Å². The van der Waals surface area contributed by atoms with Crippen LogP contribution in [0, 0.1) is 0 Å². The monoisotopic (exact) mass is 442 g/mol. The molecule has 0 aliphatic carbocycles. The van der Waals surface area contributed by atoms with E-state index < -0.39 is 0 Å². The number of carbonyl (C=O) groups excluding carboxylic acids is 1. The van der Waals surface area contributed by atoms with Crippen LogP contribution in [0.1, 0.15) is 48.2 Å². The first-order valence-electron chi connectivity index (χ1n) is 10.9. The molecule has 0 spiro atoms. The number of aryl methyl sites for hydroxylation is 1. The van der Waals surface area contributed by atoms with Crippen LogP contribution in [0.3, 0.4) is 0 Å². The highest BCUT2D eigenvalue weighted by molar-refractivity contribution is 7.99. The number of rotatable bonds is 7. The molecule has 0 atom stereocenters. The average Bonchev–Trinajstić information content (AvgIpc) is 2.82. The highest BCUT2D eigenvalue weighted by Crippen LogP contribution is 2.27. The first-order chi connectivity index (χ1) is 15.5. The zero-order valence-electron chi connectivity index (χ0n) is 18.5. The Morgan fingerprint density at radius 2 is 1.66 bits per heavy atom. The number of carbonyl (C=O) groups is 1. The summed E-state index contributed by atoms with van der Waals surface area (Å²) in [6, 6.07) is 23.0. The molecule has 0 bridgehead atoms. The van der Waals surface area contributed by atoms with E-state index in [0.29, 0.717) is 21.6 Å². The summed E-state index contributed by atoms with van der Waals surface area (Å²) in [7, 11) is 0. The zero-order chi connectivity index (χ0) is 22.7. The molecule has 0 radical (unpaired) electrons. The number of benzene rings is 3. The minimum absolute atomic E-state index is 0.0174. The van der Waals surface area contributed by atoms with Gasteiger partial charge in [0.25, 0.3) is 5.56 Å². The van der Waals surface area contributed by atoms with Gasteiger partial charge in [0.2, 0.25) is 0 Å². The molecule has 1 heterocycles. The van der Waals surface area contributed by atoms with Crippen LogP contribution in [0.5, 0.6) is 0 Å². The molecule has 0 saturated heterocycles. The number of ketones is 1. The Bertz CT molecular complexity index is 1320. The van der Waals surface area contributed by atoms with Gasteiger partial charge >= 0.3 is 0 Å². The molecular formula is C27H26N2O2S. The van der Waals surface area contributed by atoms with Crippen LogP contribution in [0.25, 0.3) is 16.6 Å². The Balaban J connectivity index is 1.77. The molecule has 32 heavy (non-hydrogen) atoms. The second-order valence-corrected chi connectivity index (χ2v) is 8.97. The van der Waals surface area contributed by atoms with Crippen molar-refractivity contribution in [3.63, 3.8) is 0 Å². The minimum Gasteiger partial charge on any atom is -0.293 e. The molecule has 0 amide bonds. The predicted octanol–water partition coefficient (Wildman–Crippen LogP) is 6.05. The molecule has 0 saturated carbocycles. The maximum atomic E-state index is 13.5. The van der Waals surface area contributed by atoms with Crippen molar-refractivity contribution in [1.29, 1.82) is 0 Å². The summed E-state index contributed by atoms with van der Waals surface area (Å²) in [6.07, 6.45) is 0.936. The van der Waals surface area contributed by atoms with Gasteiger partial charge < -0.3 is 0 Å². The molecule has 0 aliphatic heterocycles. The smallest absolute Gasteiger partial charge is 0.266 e. The van der Waals surface area contributed by atoms with Crippen LogP contribution >= 0.6 is 11.8 Å². The van der Waals surface area contributed by atoms with Crippen LogP contribution in [-0.2, 0) is 6.42 Å². The molecule has 4 aromatic rings. The van der Waals surface area contributed by atoms with Gasteiger partial charge in [0.1, 0.15) is 0 Å². The first-order valence-corrected chi connectivity index (χ1v) is 11.8. The van der Waals surface area contributed by atoms with Gasteiger partial charge in [-0.15, -0.1) is 0 Å². The quantitative estimate of drug-likeness (QED) is 0.199. The Labute approximate surface area is 192 Å². The Hall–Kier alpha value is -3.18. The summed E-state index contributed by atoms with van der Waals surface area (Å²) in [6.45, 7) is 6.30. The molecular weight excluding hydrogens is 416 g/mol. The van der Waals surface area contributed by atoms with Gasteiger partial charge in [-0.2, -0.15) is 0 Å². The lowest BCUT2D eigenvalue weighted by Crippen LogP contribution is -2.23. The lowest BCUT2D eigenvalue weighted by atomic mass is 10.0. The van der Waals surface area contributed by atoms with Gasteiger partial charge in [0, 0.05) is 5.56 Å². The molecule has 3 aromatic carbocycles. The fourth-order valence-corrected chi connectivity index (χ4v) is 4.64. The lowest BCUT2D eigenvalue weighted by molar-refractivity contribution is 0.102. The van der Waals surface area contributed by atoms with E-state index in [-0.39, 0.29) is 23.0 Å². The van der Waals surface area contributed by atoms with Crippen LogP contribution in [0.15, 0.2) is 82.7 Å². The number of Topliss-reactive ketones (excluding diaryl/α,β-unsaturated/α-hetero) is 1. The third-order valence-corrected chi connectivity index (χ3v) is 6.50. The number of nitrogens with zero attached hydrogens (tertiary/aromatic N) is 2. The molecule has 5 heteroatoms. The predicted molar refractivity (Wildman–Crippen MR) is 132 cm³/mol. The molecule has 162 valence electrons. The third-order valence-electron chi connectivity index (χ3n) is 5.56. The van der Waals surface area contributed by atoms with E-state index in [1.807, 2.05) is 66.7 Å². The summed E-state index contributed by atoms with van der Waals surface area (Å²) in [5.41, 5.74) is 4.27. The number of fused-ring (bicyclic) bond motifs is 1. The summed E-state index contributed by atoms with van der Waals surface area (Å²) >= 11 is 1.31. The molecule has 0 unspecified atom stereocenters. The van der Waals surface area contributed by atoms with Crippen molar-refractivity contribution in [3.8, 4) is 5.69 Å². The van der Waals surface area contributed by atoms with Gasteiger partial charge in [0.15, 0.2) is 10.9 Å². The maximum Gasteiger partial charge on any atom is 0.266 e. The van der Waals surface area contributed by atoms with Crippen LogP contribution in [0.4, 0.5) is 0 Å². The topological polar surface area (TPSA) is 52.0 Å². The number of hydrogen-bond acceptors (Lipinski definition) is 4. The van der Waals surface area contributed by atoms with Crippen molar-refractivity contribution in [2.45, 2.75) is 38.3 Å². The number of aromatic nitrogens is 2. The van der Waals surface area contributed by atoms with E-state index in [2.05, 4.69) is 20.8 Å². The maximum absolute atomic E-state index is 13.5. The van der Waals surface area contributed by atoms with Crippen LogP contribution < -0.4 is 5.56 Å². The Kier molecular flexibility index (Phi) is 6.56. The SMILES string of the molecule is CCc1ccc(C(=O)CSc2nc3ccccc3c(=O)n2-c2ccccc2C(C)C)cc1. The lowest BCUT2D eigenvalue weighted by Gasteiger charge is -2.18. The molecule has 0 fully saturated rings. The first kappa shape index (κ1) is 22.0. The van der Waals surface area contributed by atoms with E-state index in [1.54, 1.807) is 10.6 Å². The number of hydrogen-bond donors (Lipinski definition) is 0. The normalized spacial score (nSPS) is 11.2. The van der Waals surface area contributed by atoms with Gasteiger partial charge in [-0.3, -0.25) is 14.2 Å². The van der Waals surface area contributed by atoms with Crippen molar-refractivity contribution in [2.75, 3.05) is 5.75 Å². The van der Waals surface area contributed by atoms with E-state index in [1.165, 1.54) is 17.3 Å². The van der Waals surface area contributed by atoms with E-state index >= 15 is 0 Å². The summed E-state index contributed by atoms with van der Waals surface area (Å²) in [5.74, 6) is 0.463. The van der Waals surface area contributed by atoms with Gasteiger partial charge in [-0.1, -0.05) is 87.1 Å². The summed E-state index contributed by atoms with van der Waals surface area (Å²) in [5, 5.41) is 1.09. The number of para-hydroxylation sites is 2. The van der Waals surface area contributed by atoms with Crippen LogP contribution in [-0.4, -0.2) is 21.1 Å².